The highest BCUT2D eigenvalue weighted by Crippen LogP contribution is 2.31. The number of benzene rings is 1. The molecule has 8 heteroatoms. The van der Waals surface area contributed by atoms with E-state index in [0.29, 0.717) is 24.6 Å². The minimum Gasteiger partial charge on any atom is -0.485 e. The summed E-state index contributed by atoms with van der Waals surface area (Å²) in [6, 6.07) is 9.50. The maximum atomic E-state index is 13.0. The molecule has 158 valence electrons. The van der Waals surface area contributed by atoms with Gasteiger partial charge in [-0.1, -0.05) is 12.1 Å². The number of aromatic nitrogens is 2. The largest absolute Gasteiger partial charge is 0.485 e. The number of nitrogens with zero attached hydrogens (tertiary/aromatic N) is 5. The first-order valence-electron chi connectivity index (χ1n) is 10.7. The summed E-state index contributed by atoms with van der Waals surface area (Å²) in [6.45, 7) is 7.08. The molecule has 0 spiro atoms. The van der Waals surface area contributed by atoms with Crippen molar-refractivity contribution in [2.24, 2.45) is 0 Å². The van der Waals surface area contributed by atoms with Gasteiger partial charge in [0, 0.05) is 51.0 Å². The fraction of sp³-hybridized carbons (Fsp3) is 0.500. The number of hydrogen-bond donors (Lipinski definition) is 0. The van der Waals surface area contributed by atoms with Crippen LogP contribution in [0.1, 0.15) is 18.5 Å². The van der Waals surface area contributed by atoms with E-state index in [1.54, 1.807) is 0 Å². The van der Waals surface area contributed by atoms with Crippen LogP contribution in [0.15, 0.2) is 30.3 Å². The van der Waals surface area contributed by atoms with Gasteiger partial charge in [-0.15, -0.1) is 0 Å². The lowest BCUT2D eigenvalue weighted by Gasteiger charge is -2.37. The monoisotopic (exact) mass is 409 g/mol. The molecule has 2 fully saturated rings. The van der Waals surface area contributed by atoms with Gasteiger partial charge in [-0.05, 0) is 31.9 Å². The first kappa shape index (κ1) is 19.0. The number of hydrogen-bond acceptors (Lipinski definition) is 7. The van der Waals surface area contributed by atoms with Crippen LogP contribution in [0, 0.1) is 6.92 Å². The summed E-state index contributed by atoms with van der Waals surface area (Å²) in [5.41, 5.74) is 0.979. The SMILES string of the molecule is Cc1cc(N2CCN(C(=O)C3COc4ccccc4O3)CC2)nc(N2CCCC2)n1. The lowest BCUT2D eigenvalue weighted by molar-refractivity contribution is -0.141. The van der Waals surface area contributed by atoms with Crippen LogP contribution < -0.4 is 19.3 Å². The maximum Gasteiger partial charge on any atom is 0.267 e. The number of amides is 1. The summed E-state index contributed by atoms with van der Waals surface area (Å²) in [7, 11) is 0. The molecule has 1 atom stereocenters. The first-order valence-corrected chi connectivity index (χ1v) is 10.7. The fourth-order valence-corrected chi connectivity index (χ4v) is 4.26. The molecule has 3 aliphatic heterocycles. The molecule has 5 rings (SSSR count). The van der Waals surface area contributed by atoms with Gasteiger partial charge in [0.1, 0.15) is 12.4 Å². The Labute approximate surface area is 176 Å². The van der Waals surface area contributed by atoms with Crippen molar-refractivity contribution in [1.29, 1.82) is 0 Å². The minimum absolute atomic E-state index is 0.0132. The highest BCUT2D eigenvalue weighted by molar-refractivity contribution is 5.82. The second kappa shape index (κ2) is 8.01. The first-order chi connectivity index (χ1) is 14.7. The molecule has 0 bridgehead atoms. The molecule has 0 aliphatic carbocycles. The van der Waals surface area contributed by atoms with E-state index in [1.807, 2.05) is 42.2 Å². The van der Waals surface area contributed by atoms with E-state index in [2.05, 4.69) is 14.8 Å². The third-order valence-corrected chi connectivity index (χ3v) is 5.92. The summed E-state index contributed by atoms with van der Waals surface area (Å²) in [6.07, 6.45) is 1.81. The van der Waals surface area contributed by atoms with Crippen LogP contribution in [0.5, 0.6) is 11.5 Å². The lowest BCUT2D eigenvalue weighted by Crippen LogP contribution is -2.54. The van der Waals surface area contributed by atoms with Crippen LogP contribution in [0.2, 0.25) is 0 Å². The van der Waals surface area contributed by atoms with Gasteiger partial charge in [0.15, 0.2) is 11.5 Å². The van der Waals surface area contributed by atoms with Crippen LogP contribution in [-0.4, -0.2) is 72.8 Å². The lowest BCUT2D eigenvalue weighted by atomic mass is 10.2. The highest BCUT2D eigenvalue weighted by Gasteiger charge is 2.33. The number of rotatable bonds is 3. The molecule has 2 aromatic rings. The van der Waals surface area contributed by atoms with Gasteiger partial charge in [0.25, 0.3) is 5.91 Å². The Kier molecular flexibility index (Phi) is 5.06. The predicted octanol–water partition coefficient (Wildman–Crippen LogP) is 1.87. The molecule has 1 aromatic heterocycles. The molecule has 0 saturated carbocycles. The third kappa shape index (κ3) is 3.74. The van der Waals surface area contributed by atoms with E-state index in [0.717, 1.165) is 43.6 Å². The van der Waals surface area contributed by atoms with E-state index < -0.39 is 6.10 Å². The van der Waals surface area contributed by atoms with Crippen molar-refractivity contribution in [1.82, 2.24) is 14.9 Å². The van der Waals surface area contributed by atoms with Crippen molar-refractivity contribution in [2.45, 2.75) is 25.9 Å². The zero-order valence-electron chi connectivity index (χ0n) is 17.3. The van der Waals surface area contributed by atoms with E-state index in [1.165, 1.54) is 12.8 Å². The topological polar surface area (TPSA) is 71.0 Å². The number of fused-ring (bicyclic) bond motifs is 1. The number of anilines is 2. The van der Waals surface area contributed by atoms with Crippen molar-refractivity contribution < 1.29 is 14.3 Å². The van der Waals surface area contributed by atoms with Crippen LogP contribution >= 0.6 is 0 Å². The van der Waals surface area contributed by atoms with Crippen molar-refractivity contribution >= 4 is 17.7 Å². The molecule has 1 amide bonds. The highest BCUT2D eigenvalue weighted by atomic mass is 16.6. The smallest absolute Gasteiger partial charge is 0.267 e. The molecule has 30 heavy (non-hydrogen) atoms. The molecule has 1 unspecified atom stereocenters. The number of carbonyl (C=O) groups excluding carboxylic acids is 1. The Morgan fingerprint density at radius 2 is 1.70 bits per heavy atom. The molecule has 1 aromatic carbocycles. The van der Waals surface area contributed by atoms with Gasteiger partial charge in [0.05, 0.1) is 0 Å². The van der Waals surface area contributed by atoms with Gasteiger partial charge in [0.2, 0.25) is 12.1 Å². The third-order valence-electron chi connectivity index (χ3n) is 5.92. The van der Waals surface area contributed by atoms with Crippen molar-refractivity contribution in [3.63, 3.8) is 0 Å². The van der Waals surface area contributed by atoms with Crippen LogP contribution in [0.25, 0.3) is 0 Å². The van der Waals surface area contributed by atoms with E-state index in [4.69, 9.17) is 14.5 Å². The molecule has 0 radical (unpaired) electrons. The van der Waals surface area contributed by atoms with Crippen LogP contribution in [-0.2, 0) is 4.79 Å². The average Bonchev–Trinajstić information content (AvgIpc) is 3.33. The summed E-state index contributed by atoms with van der Waals surface area (Å²) < 4.78 is 11.6. The predicted molar refractivity (Wildman–Crippen MR) is 113 cm³/mol. The summed E-state index contributed by atoms with van der Waals surface area (Å²) in [5.74, 6) is 3.09. The Hall–Kier alpha value is -3.03. The van der Waals surface area contributed by atoms with E-state index in [-0.39, 0.29) is 12.5 Å². The molecule has 4 heterocycles. The van der Waals surface area contributed by atoms with Gasteiger partial charge in [-0.3, -0.25) is 4.79 Å². The van der Waals surface area contributed by atoms with E-state index >= 15 is 0 Å². The van der Waals surface area contributed by atoms with Gasteiger partial charge < -0.3 is 24.2 Å². The number of carbonyl (C=O) groups is 1. The Morgan fingerprint density at radius 1 is 0.967 bits per heavy atom. The van der Waals surface area contributed by atoms with Gasteiger partial charge >= 0.3 is 0 Å². The standard InChI is InChI=1S/C22H27N5O3/c1-16-14-20(24-22(23-16)27-8-4-5-9-27)25-10-12-26(13-11-25)21(28)19-15-29-17-6-2-3-7-18(17)30-19/h2-3,6-7,14,19H,4-5,8-13,15H2,1H3. The van der Waals surface area contributed by atoms with E-state index in [9.17, 15) is 4.79 Å². The maximum absolute atomic E-state index is 13.0. The Morgan fingerprint density at radius 3 is 2.47 bits per heavy atom. The minimum atomic E-state index is -0.588. The molecule has 8 nitrogen and oxygen atoms in total. The van der Waals surface area contributed by atoms with Crippen LogP contribution in [0.3, 0.4) is 0 Å². The summed E-state index contributed by atoms with van der Waals surface area (Å²) >= 11 is 0. The molecule has 2 saturated heterocycles. The molecular formula is C22H27N5O3. The summed E-state index contributed by atoms with van der Waals surface area (Å²) in [5, 5.41) is 0. The quantitative estimate of drug-likeness (QED) is 0.766. The second-order valence-corrected chi connectivity index (χ2v) is 8.04. The number of para-hydroxylation sites is 2. The van der Waals surface area contributed by atoms with Crippen molar-refractivity contribution in [3.05, 3.63) is 36.0 Å². The van der Waals surface area contributed by atoms with Gasteiger partial charge in [-0.2, -0.15) is 4.98 Å². The molecule has 0 N–H and O–H groups in total. The Balaban J connectivity index is 1.22. The fourth-order valence-electron chi connectivity index (χ4n) is 4.26. The molecular weight excluding hydrogens is 382 g/mol. The number of ether oxygens (including phenoxy) is 2. The summed E-state index contributed by atoms with van der Waals surface area (Å²) in [4.78, 5) is 28.8. The zero-order valence-corrected chi connectivity index (χ0v) is 17.3. The average molecular weight is 409 g/mol. The van der Waals surface area contributed by atoms with Crippen LogP contribution in [0.4, 0.5) is 11.8 Å². The number of piperazine rings is 1. The van der Waals surface area contributed by atoms with Crippen molar-refractivity contribution in [2.75, 3.05) is 55.7 Å². The second-order valence-electron chi connectivity index (χ2n) is 8.04. The normalized spacial score (nSPS) is 21.1. The Bertz CT molecular complexity index is 923. The molecule has 3 aliphatic rings. The van der Waals surface area contributed by atoms with Crippen molar-refractivity contribution in [3.8, 4) is 11.5 Å². The zero-order chi connectivity index (χ0) is 20.5. The van der Waals surface area contributed by atoms with Gasteiger partial charge in [-0.25, -0.2) is 4.98 Å². The number of aryl methyl sites for hydroxylation is 1.